The van der Waals surface area contributed by atoms with E-state index < -0.39 is 11.9 Å². The van der Waals surface area contributed by atoms with Crippen molar-refractivity contribution in [3.8, 4) is 0 Å². The monoisotopic (exact) mass is 317 g/mol. The highest BCUT2D eigenvalue weighted by atomic mass is 19.4. The van der Waals surface area contributed by atoms with Gasteiger partial charge in [0.25, 0.3) is 0 Å². The maximum atomic E-state index is 12.7. The summed E-state index contributed by atoms with van der Waals surface area (Å²) in [6.07, 6.45) is -4.09. The van der Waals surface area contributed by atoms with E-state index in [2.05, 4.69) is 4.99 Å². The summed E-state index contributed by atoms with van der Waals surface area (Å²) in [4.78, 5) is 15.7. The highest BCUT2D eigenvalue weighted by Gasteiger charge is 2.38. The molecule has 5 heteroatoms. The molecule has 0 unspecified atom stereocenters. The predicted octanol–water partition coefficient (Wildman–Crippen LogP) is 4.23. The molecule has 2 aromatic rings. The lowest BCUT2D eigenvalue weighted by molar-refractivity contribution is -0.117. The number of hydrogen-bond donors (Lipinski definition) is 0. The fraction of sp³-hybridized carbons (Fsp3) is 0.222. The van der Waals surface area contributed by atoms with Gasteiger partial charge in [-0.2, -0.15) is 13.2 Å². The van der Waals surface area contributed by atoms with Gasteiger partial charge >= 0.3 is 6.18 Å². The minimum atomic E-state index is -4.40. The van der Waals surface area contributed by atoms with Gasteiger partial charge in [0.2, 0.25) is 0 Å². The third-order valence-electron chi connectivity index (χ3n) is 3.73. The summed E-state index contributed by atoms with van der Waals surface area (Å²) in [6.45, 7) is 0. The second-order valence-corrected chi connectivity index (χ2v) is 5.57. The van der Waals surface area contributed by atoms with E-state index in [1.807, 2.05) is 30.3 Å². The third-order valence-corrected chi connectivity index (χ3v) is 3.73. The van der Waals surface area contributed by atoms with E-state index in [-0.39, 0.29) is 18.6 Å². The van der Waals surface area contributed by atoms with E-state index in [4.69, 9.17) is 0 Å². The van der Waals surface area contributed by atoms with E-state index in [0.717, 1.165) is 11.1 Å². The average molecular weight is 317 g/mol. The summed E-state index contributed by atoms with van der Waals surface area (Å²) < 4.78 is 38.1. The summed E-state index contributed by atoms with van der Waals surface area (Å²) in [6, 6.07) is 14.3. The van der Waals surface area contributed by atoms with Crippen LogP contribution in [-0.2, 0) is 24.1 Å². The van der Waals surface area contributed by atoms with Crippen molar-refractivity contribution in [2.24, 2.45) is 4.99 Å². The standard InChI is InChI=1S/C18H14F3NO/c19-18(20,21)17-11-14-8-13(6-7-16(14)22-17)10-15(23)9-12-4-2-1-3-5-12/h1-8H,9-11H2. The molecule has 0 atom stereocenters. The normalized spacial score (nSPS) is 13.6. The van der Waals surface area contributed by atoms with Crippen LogP contribution in [0.3, 0.4) is 0 Å². The van der Waals surface area contributed by atoms with Gasteiger partial charge in [0, 0.05) is 19.3 Å². The number of alkyl halides is 3. The molecule has 0 fully saturated rings. The van der Waals surface area contributed by atoms with Gasteiger partial charge in [0.15, 0.2) is 0 Å². The molecule has 0 aromatic heterocycles. The molecule has 0 radical (unpaired) electrons. The Bertz CT molecular complexity index is 764. The summed E-state index contributed by atoms with van der Waals surface area (Å²) in [5.41, 5.74) is 1.75. The van der Waals surface area contributed by atoms with Crippen molar-refractivity contribution in [1.82, 2.24) is 0 Å². The van der Waals surface area contributed by atoms with E-state index in [0.29, 0.717) is 17.7 Å². The van der Waals surface area contributed by atoms with Gasteiger partial charge in [-0.15, -0.1) is 0 Å². The van der Waals surface area contributed by atoms with Crippen molar-refractivity contribution in [2.75, 3.05) is 0 Å². The zero-order valence-corrected chi connectivity index (χ0v) is 12.2. The Morgan fingerprint density at radius 1 is 1.00 bits per heavy atom. The van der Waals surface area contributed by atoms with Gasteiger partial charge in [-0.1, -0.05) is 42.5 Å². The van der Waals surface area contributed by atoms with Crippen LogP contribution >= 0.6 is 0 Å². The molecular weight excluding hydrogens is 303 g/mol. The van der Waals surface area contributed by atoms with Crippen molar-refractivity contribution in [1.29, 1.82) is 0 Å². The zero-order valence-electron chi connectivity index (χ0n) is 12.2. The molecule has 0 aliphatic carbocycles. The van der Waals surface area contributed by atoms with Crippen LogP contribution in [-0.4, -0.2) is 17.7 Å². The van der Waals surface area contributed by atoms with E-state index in [1.54, 1.807) is 18.2 Å². The SMILES string of the molecule is O=C(Cc1ccccc1)Cc1ccc2c(c1)CC(C(F)(F)F)=N2. The molecule has 1 heterocycles. The van der Waals surface area contributed by atoms with Gasteiger partial charge in [0.05, 0.1) is 5.69 Å². The van der Waals surface area contributed by atoms with Gasteiger partial charge in [-0.3, -0.25) is 4.79 Å². The largest absolute Gasteiger partial charge is 0.429 e. The molecule has 0 spiro atoms. The Morgan fingerprint density at radius 2 is 1.70 bits per heavy atom. The summed E-state index contributed by atoms with van der Waals surface area (Å²) in [7, 11) is 0. The molecule has 1 aliphatic heterocycles. The van der Waals surface area contributed by atoms with Crippen LogP contribution in [0.2, 0.25) is 0 Å². The van der Waals surface area contributed by atoms with Gasteiger partial charge in [-0.05, 0) is 22.8 Å². The number of fused-ring (bicyclic) bond motifs is 1. The quantitative estimate of drug-likeness (QED) is 0.829. The first-order valence-corrected chi connectivity index (χ1v) is 7.24. The Kier molecular flexibility index (Phi) is 4.03. The molecule has 118 valence electrons. The summed E-state index contributed by atoms with van der Waals surface area (Å²) >= 11 is 0. The topological polar surface area (TPSA) is 29.4 Å². The van der Waals surface area contributed by atoms with Crippen molar-refractivity contribution in [2.45, 2.75) is 25.4 Å². The first-order valence-electron chi connectivity index (χ1n) is 7.24. The Morgan fingerprint density at radius 3 is 2.39 bits per heavy atom. The van der Waals surface area contributed by atoms with Crippen LogP contribution < -0.4 is 0 Å². The van der Waals surface area contributed by atoms with Crippen molar-refractivity contribution in [3.05, 3.63) is 65.2 Å². The van der Waals surface area contributed by atoms with Crippen molar-refractivity contribution < 1.29 is 18.0 Å². The van der Waals surface area contributed by atoms with Crippen LogP contribution in [0, 0.1) is 0 Å². The minimum Gasteiger partial charge on any atom is -0.299 e. The number of nitrogens with zero attached hydrogens (tertiary/aromatic N) is 1. The molecule has 2 nitrogen and oxygen atoms in total. The Labute approximate surface area is 131 Å². The molecule has 1 aliphatic rings. The molecule has 0 bridgehead atoms. The van der Waals surface area contributed by atoms with Crippen LogP contribution in [0.4, 0.5) is 18.9 Å². The van der Waals surface area contributed by atoms with E-state index in [9.17, 15) is 18.0 Å². The summed E-state index contributed by atoms with van der Waals surface area (Å²) in [5.74, 6) is 0.0334. The van der Waals surface area contributed by atoms with Crippen molar-refractivity contribution in [3.63, 3.8) is 0 Å². The molecule has 3 rings (SSSR count). The highest BCUT2D eigenvalue weighted by Crippen LogP contribution is 2.33. The second kappa shape index (κ2) is 5.99. The highest BCUT2D eigenvalue weighted by molar-refractivity contribution is 5.98. The van der Waals surface area contributed by atoms with Gasteiger partial charge in [-0.25, -0.2) is 4.99 Å². The number of carbonyl (C=O) groups excluding carboxylic acids is 1. The summed E-state index contributed by atoms with van der Waals surface area (Å²) in [5, 5.41) is 0. The fourth-order valence-corrected chi connectivity index (χ4v) is 2.64. The maximum Gasteiger partial charge on any atom is 0.429 e. The van der Waals surface area contributed by atoms with Gasteiger partial charge < -0.3 is 0 Å². The molecule has 0 saturated heterocycles. The lowest BCUT2D eigenvalue weighted by atomic mass is 10.00. The Balaban J connectivity index is 1.68. The number of carbonyl (C=O) groups is 1. The van der Waals surface area contributed by atoms with Crippen LogP contribution in [0.5, 0.6) is 0 Å². The predicted molar refractivity (Wildman–Crippen MR) is 82.2 cm³/mol. The molecular formula is C18H14F3NO. The maximum absolute atomic E-state index is 12.7. The number of rotatable bonds is 4. The van der Waals surface area contributed by atoms with Gasteiger partial charge in [0.1, 0.15) is 11.5 Å². The number of hydrogen-bond acceptors (Lipinski definition) is 2. The minimum absolute atomic E-state index is 0.0334. The van der Waals surface area contributed by atoms with Crippen molar-refractivity contribution >= 4 is 17.2 Å². The molecule has 23 heavy (non-hydrogen) atoms. The first kappa shape index (κ1) is 15.5. The zero-order chi connectivity index (χ0) is 16.4. The molecule has 0 amide bonds. The average Bonchev–Trinajstić information content (AvgIpc) is 2.91. The number of halogens is 3. The molecule has 0 saturated carbocycles. The number of aliphatic imine (C=N–C) groups is 1. The molecule has 0 N–H and O–H groups in total. The van der Waals surface area contributed by atoms with Crippen LogP contribution in [0.1, 0.15) is 16.7 Å². The first-order chi connectivity index (χ1) is 10.9. The number of Topliss-reactive ketones (excluding diaryl/α,β-unsaturated/α-hetero) is 1. The fourth-order valence-electron chi connectivity index (χ4n) is 2.64. The van der Waals surface area contributed by atoms with Crippen LogP contribution in [0.15, 0.2) is 53.5 Å². The number of benzene rings is 2. The lowest BCUT2D eigenvalue weighted by Gasteiger charge is -2.05. The van der Waals surface area contributed by atoms with E-state index in [1.165, 1.54) is 0 Å². The number of ketones is 1. The van der Waals surface area contributed by atoms with E-state index >= 15 is 0 Å². The lowest BCUT2D eigenvalue weighted by Crippen LogP contribution is -2.22. The molecule has 2 aromatic carbocycles. The Hall–Kier alpha value is -2.43. The van der Waals surface area contributed by atoms with Crippen LogP contribution in [0.25, 0.3) is 0 Å². The second-order valence-electron chi connectivity index (χ2n) is 5.57. The smallest absolute Gasteiger partial charge is 0.299 e. The third kappa shape index (κ3) is 3.67.